The molecule has 2 bridgehead atoms. The predicted octanol–water partition coefficient (Wildman–Crippen LogP) is 6.94. The lowest BCUT2D eigenvalue weighted by molar-refractivity contribution is 0.631. The Bertz CT molecular complexity index is 566. The van der Waals surface area contributed by atoms with E-state index in [1.165, 1.54) is 5.56 Å². The molecule has 0 spiro atoms. The van der Waals surface area contributed by atoms with E-state index in [1.54, 1.807) is 0 Å². The van der Waals surface area contributed by atoms with Crippen molar-refractivity contribution in [1.29, 1.82) is 0 Å². The molecule has 1 saturated carbocycles. The van der Waals surface area contributed by atoms with Gasteiger partial charge in [0.05, 0.1) is 8.65 Å². The highest BCUT2D eigenvalue weighted by Gasteiger charge is 2.76. The number of fused-ring (bicyclic) bond motifs is 2. The minimum absolute atomic E-state index is 0.178. The Hall–Kier alpha value is 1.84. The van der Waals surface area contributed by atoms with E-state index in [9.17, 15) is 0 Å². The summed E-state index contributed by atoms with van der Waals surface area (Å²) in [5, 5.41) is 0. The van der Waals surface area contributed by atoms with Crippen LogP contribution in [0.25, 0.3) is 0 Å². The van der Waals surface area contributed by atoms with E-state index in [0.29, 0.717) is 5.92 Å². The summed E-state index contributed by atoms with van der Waals surface area (Å²) < 4.78 is 1.59. The van der Waals surface area contributed by atoms with Crippen molar-refractivity contribution < 1.29 is 0 Å². The number of hydrogen-bond donors (Lipinski definition) is 0. The lowest BCUT2D eigenvalue weighted by Gasteiger charge is -2.35. The van der Waals surface area contributed by atoms with Gasteiger partial charge in [-0.25, -0.2) is 0 Å². The summed E-state index contributed by atoms with van der Waals surface area (Å²) in [7, 11) is 0. The molecule has 6 heteroatoms. The summed E-state index contributed by atoms with van der Waals surface area (Å²) in [6, 6.07) is 10.6. The zero-order valence-electron chi connectivity index (χ0n) is 9.44. The van der Waals surface area contributed by atoms with Crippen LogP contribution in [-0.2, 0) is 0 Å². The number of alkyl halides is 4. The maximum Gasteiger partial charge on any atom is 0.121 e. The van der Waals surface area contributed by atoms with E-state index in [0.717, 1.165) is 15.4 Å². The van der Waals surface area contributed by atoms with E-state index in [-0.39, 0.29) is 11.9 Å². The molecule has 0 N–H and O–H groups in total. The number of benzene rings is 1. The van der Waals surface area contributed by atoms with E-state index >= 15 is 0 Å². The number of hydrogen-bond acceptors (Lipinski definition) is 0. The minimum atomic E-state index is -0.293. The van der Waals surface area contributed by atoms with E-state index in [2.05, 4.69) is 126 Å². The van der Waals surface area contributed by atoms with Crippen molar-refractivity contribution in [2.24, 2.45) is 0 Å². The Labute approximate surface area is 162 Å². The van der Waals surface area contributed by atoms with Crippen molar-refractivity contribution in [2.45, 2.75) is 24.2 Å². The third-order valence-corrected chi connectivity index (χ3v) is 15.3. The van der Waals surface area contributed by atoms with Gasteiger partial charge >= 0.3 is 0 Å². The number of rotatable bonds is 1. The van der Waals surface area contributed by atoms with Gasteiger partial charge in [-0.2, -0.15) is 0 Å². The summed E-state index contributed by atoms with van der Waals surface area (Å²) in [6.45, 7) is 0. The highest BCUT2D eigenvalue weighted by Crippen LogP contribution is 2.79. The summed E-state index contributed by atoms with van der Waals surface area (Å²) in [6.07, 6.45) is 0.994. The van der Waals surface area contributed by atoms with Gasteiger partial charge in [-0.05, 0) is 12.0 Å². The summed E-state index contributed by atoms with van der Waals surface area (Å²) in [5.41, 5.74) is 1.33. The van der Waals surface area contributed by atoms with Crippen molar-refractivity contribution in [2.75, 3.05) is 0 Å². The second kappa shape index (κ2) is 4.92. The molecule has 1 aromatic rings. The lowest BCUT2D eigenvalue weighted by atomic mass is 9.86. The maximum atomic E-state index is 3.99. The molecule has 0 aliphatic heterocycles. The standard InChI is InChI=1S/C13H8Br6/c14-9-10(15)12(17)8(7-4-2-1-3-5-7)6-11(9,16)13(12,18)19/h1-5,8H,6H2/t8-,11-,12+/m0/s1. The molecule has 1 fully saturated rings. The van der Waals surface area contributed by atoms with Crippen LogP contribution in [-0.4, -0.2) is 11.9 Å². The fourth-order valence-electron chi connectivity index (χ4n) is 2.94. The van der Waals surface area contributed by atoms with Crippen LogP contribution >= 0.6 is 95.6 Å². The van der Waals surface area contributed by atoms with Crippen LogP contribution in [0.5, 0.6) is 0 Å². The highest BCUT2D eigenvalue weighted by atomic mass is 79.9. The fourth-order valence-corrected chi connectivity index (χ4v) is 9.96. The Morgan fingerprint density at radius 3 is 1.95 bits per heavy atom. The molecule has 3 rings (SSSR count). The minimum Gasteiger partial charge on any atom is -0.0769 e. The normalized spacial score (nSPS) is 40.0. The third kappa shape index (κ3) is 1.82. The SMILES string of the molecule is BrC1=C(Br)[C@]2(Br)[C@H](c3ccccc3)C[C@@]1(Br)C2(Br)Br. The van der Waals surface area contributed by atoms with Gasteiger partial charge in [0.25, 0.3) is 0 Å². The van der Waals surface area contributed by atoms with Crippen LogP contribution in [0.3, 0.4) is 0 Å². The van der Waals surface area contributed by atoms with E-state index in [1.807, 2.05) is 0 Å². The highest BCUT2D eigenvalue weighted by molar-refractivity contribution is 9.27. The summed E-state index contributed by atoms with van der Waals surface area (Å²) in [5.74, 6) is 0.363. The van der Waals surface area contributed by atoms with Crippen molar-refractivity contribution in [3.8, 4) is 0 Å². The Morgan fingerprint density at radius 2 is 1.47 bits per heavy atom. The zero-order chi connectivity index (χ0) is 14.1. The molecule has 0 unspecified atom stereocenters. The summed E-state index contributed by atoms with van der Waals surface area (Å²) >= 11 is 23.2. The van der Waals surface area contributed by atoms with Gasteiger partial charge in [0.15, 0.2) is 0 Å². The molecule has 2 aliphatic rings. The molecule has 0 saturated heterocycles. The van der Waals surface area contributed by atoms with E-state index in [4.69, 9.17) is 0 Å². The Morgan fingerprint density at radius 1 is 0.895 bits per heavy atom. The average Bonchev–Trinajstić information content (AvgIpc) is 2.62. The molecule has 0 radical (unpaired) electrons. The van der Waals surface area contributed by atoms with Gasteiger partial charge in [0, 0.05) is 14.9 Å². The first-order chi connectivity index (χ1) is 8.77. The monoisotopic (exact) mass is 638 g/mol. The molecule has 0 amide bonds. The van der Waals surface area contributed by atoms with Gasteiger partial charge in [-0.3, -0.25) is 0 Å². The zero-order valence-corrected chi connectivity index (χ0v) is 19.0. The molecule has 0 heterocycles. The average molecular weight is 644 g/mol. The second-order valence-corrected chi connectivity index (χ2v) is 12.5. The van der Waals surface area contributed by atoms with Crippen LogP contribution in [0.15, 0.2) is 39.3 Å². The van der Waals surface area contributed by atoms with Gasteiger partial charge in [-0.15, -0.1) is 0 Å². The third-order valence-electron chi connectivity index (χ3n) is 3.98. The van der Waals surface area contributed by atoms with Gasteiger partial charge in [-0.1, -0.05) is 126 Å². The molecule has 1 aromatic carbocycles. The van der Waals surface area contributed by atoms with E-state index < -0.39 is 0 Å². The van der Waals surface area contributed by atoms with Crippen LogP contribution in [0.1, 0.15) is 17.9 Å². The second-order valence-electron chi connectivity index (χ2n) is 4.88. The number of halogens is 6. The van der Waals surface area contributed by atoms with Crippen LogP contribution in [0.4, 0.5) is 0 Å². The molecule has 19 heavy (non-hydrogen) atoms. The summed E-state index contributed by atoms with van der Waals surface area (Å²) in [4.78, 5) is 0. The topological polar surface area (TPSA) is 0 Å². The largest absolute Gasteiger partial charge is 0.121 e. The molecule has 3 atom stereocenters. The van der Waals surface area contributed by atoms with Crippen molar-refractivity contribution >= 4 is 95.6 Å². The molecular formula is C13H8Br6. The molecule has 2 aliphatic carbocycles. The van der Waals surface area contributed by atoms with Gasteiger partial charge < -0.3 is 0 Å². The van der Waals surface area contributed by atoms with Gasteiger partial charge in [0.1, 0.15) is 3.23 Å². The smallest absolute Gasteiger partial charge is 0.0769 e. The van der Waals surface area contributed by atoms with Crippen molar-refractivity contribution in [1.82, 2.24) is 0 Å². The predicted molar refractivity (Wildman–Crippen MR) is 103 cm³/mol. The quantitative estimate of drug-likeness (QED) is 0.291. The Kier molecular flexibility index (Phi) is 4.07. The first-order valence-corrected chi connectivity index (χ1v) is 10.4. The fraction of sp³-hybridized carbons (Fsp3) is 0.385. The van der Waals surface area contributed by atoms with Gasteiger partial charge in [0.2, 0.25) is 0 Å². The molecular weight excluding hydrogens is 636 g/mol. The first kappa shape index (κ1) is 15.7. The first-order valence-electron chi connectivity index (χ1n) is 5.63. The van der Waals surface area contributed by atoms with Crippen LogP contribution < -0.4 is 0 Å². The Balaban J connectivity index is 2.20. The van der Waals surface area contributed by atoms with Crippen molar-refractivity contribution in [3.63, 3.8) is 0 Å². The molecule has 0 nitrogen and oxygen atoms in total. The lowest BCUT2D eigenvalue weighted by Crippen LogP contribution is -2.42. The van der Waals surface area contributed by atoms with Crippen LogP contribution in [0, 0.1) is 0 Å². The molecule has 0 aromatic heterocycles. The maximum absolute atomic E-state index is 3.99. The van der Waals surface area contributed by atoms with Crippen molar-refractivity contribution in [3.05, 3.63) is 44.9 Å². The van der Waals surface area contributed by atoms with Crippen LogP contribution in [0.2, 0.25) is 0 Å². The molecule has 102 valence electrons. The number of allylic oxidation sites excluding steroid dienone is 2.